The molecule has 1 amide bonds. The number of ether oxygens (including phenoxy) is 1. The van der Waals surface area contributed by atoms with E-state index in [1.165, 1.54) is 0 Å². The van der Waals surface area contributed by atoms with E-state index in [0.29, 0.717) is 13.0 Å². The Balaban J connectivity index is 1.66. The first-order chi connectivity index (χ1) is 11.2. The molecule has 2 aromatic rings. The molecule has 6 heteroatoms. The molecule has 23 heavy (non-hydrogen) atoms. The zero-order valence-electron chi connectivity index (χ0n) is 13.6. The van der Waals surface area contributed by atoms with E-state index < -0.39 is 0 Å². The summed E-state index contributed by atoms with van der Waals surface area (Å²) in [5.41, 5.74) is 2.14. The predicted octanol–water partition coefficient (Wildman–Crippen LogP) is 2.00. The van der Waals surface area contributed by atoms with Gasteiger partial charge in [-0.05, 0) is 43.0 Å². The van der Waals surface area contributed by atoms with E-state index >= 15 is 0 Å². The Hall–Kier alpha value is -2.37. The summed E-state index contributed by atoms with van der Waals surface area (Å²) in [5.74, 6) is 0.992. The van der Waals surface area contributed by atoms with Gasteiger partial charge in [-0.1, -0.05) is 11.3 Å². The van der Waals surface area contributed by atoms with Gasteiger partial charge in [0.25, 0.3) is 0 Å². The van der Waals surface area contributed by atoms with Crippen LogP contribution in [-0.2, 0) is 11.2 Å². The van der Waals surface area contributed by atoms with Crippen LogP contribution in [0, 0.1) is 6.92 Å². The number of amides is 1. The number of carbonyl (C=O) groups is 1. The third kappa shape index (κ3) is 3.52. The van der Waals surface area contributed by atoms with Crippen LogP contribution in [0.1, 0.15) is 30.0 Å². The van der Waals surface area contributed by atoms with E-state index in [1.54, 1.807) is 13.3 Å². The summed E-state index contributed by atoms with van der Waals surface area (Å²) in [6, 6.07) is 6.08. The Bertz CT molecular complexity index is 669. The summed E-state index contributed by atoms with van der Waals surface area (Å²) in [6.07, 6.45) is 6.01. The maximum atomic E-state index is 12.6. The molecule has 1 aromatic heterocycles. The Morgan fingerprint density at radius 2 is 2.30 bits per heavy atom. The van der Waals surface area contributed by atoms with Crippen LogP contribution in [0.25, 0.3) is 0 Å². The molecule has 0 saturated carbocycles. The third-order valence-electron chi connectivity index (χ3n) is 4.46. The molecule has 6 nitrogen and oxygen atoms in total. The fourth-order valence-corrected chi connectivity index (χ4v) is 3.08. The summed E-state index contributed by atoms with van der Waals surface area (Å²) >= 11 is 0. The zero-order valence-corrected chi connectivity index (χ0v) is 13.6. The van der Waals surface area contributed by atoms with Crippen molar-refractivity contribution in [2.75, 3.05) is 20.2 Å². The first-order valence-electron chi connectivity index (χ1n) is 7.94. The van der Waals surface area contributed by atoms with Crippen molar-refractivity contribution in [2.45, 2.75) is 32.2 Å². The van der Waals surface area contributed by atoms with Gasteiger partial charge in [0.2, 0.25) is 5.91 Å². The number of aryl methyl sites for hydroxylation is 1. The summed E-state index contributed by atoms with van der Waals surface area (Å²) in [7, 11) is 1.65. The van der Waals surface area contributed by atoms with Gasteiger partial charge in [0.05, 0.1) is 25.8 Å². The number of nitrogens with zero attached hydrogens (tertiary/aromatic N) is 4. The van der Waals surface area contributed by atoms with Crippen LogP contribution >= 0.6 is 0 Å². The fourth-order valence-electron chi connectivity index (χ4n) is 3.08. The van der Waals surface area contributed by atoms with Crippen LogP contribution in [0.2, 0.25) is 0 Å². The highest BCUT2D eigenvalue weighted by Crippen LogP contribution is 2.22. The molecule has 1 fully saturated rings. The lowest BCUT2D eigenvalue weighted by molar-refractivity contribution is -0.132. The van der Waals surface area contributed by atoms with Crippen LogP contribution in [0.3, 0.4) is 0 Å². The standard InChI is InChI=1S/C17H22N4O2/c1-13-10-16(23-2)6-5-14(13)11-17(22)20-8-3-4-15(12-20)21-9-7-18-19-21/h5-7,9-10,15H,3-4,8,11-12H2,1-2H3. The second-order valence-electron chi connectivity index (χ2n) is 5.99. The number of hydrogen-bond donors (Lipinski definition) is 0. The second kappa shape index (κ2) is 6.81. The monoisotopic (exact) mass is 314 g/mol. The normalized spacial score (nSPS) is 18.0. The Morgan fingerprint density at radius 1 is 1.43 bits per heavy atom. The molecule has 0 aliphatic carbocycles. The summed E-state index contributed by atoms with van der Waals surface area (Å²) in [4.78, 5) is 14.6. The van der Waals surface area contributed by atoms with Gasteiger partial charge < -0.3 is 9.64 Å². The van der Waals surface area contributed by atoms with Gasteiger partial charge in [0.15, 0.2) is 0 Å². The topological polar surface area (TPSA) is 60.2 Å². The van der Waals surface area contributed by atoms with Crippen molar-refractivity contribution in [3.63, 3.8) is 0 Å². The van der Waals surface area contributed by atoms with Gasteiger partial charge in [-0.25, -0.2) is 4.68 Å². The maximum Gasteiger partial charge on any atom is 0.227 e. The molecule has 3 rings (SSSR count). The zero-order chi connectivity index (χ0) is 16.2. The Labute approximate surface area is 136 Å². The van der Waals surface area contributed by atoms with Gasteiger partial charge in [-0.2, -0.15) is 0 Å². The van der Waals surface area contributed by atoms with E-state index in [0.717, 1.165) is 36.3 Å². The lowest BCUT2D eigenvalue weighted by atomic mass is 10.0. The number of carbonyl (C=O) groups excluding carboxylic acids is 1. The summed E-state index contributed by atoms with van der Waals surface area (Å²) in [6.45, 7) is 3.54. The predicted molar refractivity (Wildman–Crippen MR) is 86.3 cm³/mol. The van der Waals surface area contributed by atoms with Crippen LogP contribution in [0.5, 0.6) is 5.75 Å². The van der Waals surface area contributed by atoms with Crippen molar-refractivity contribution in [1.82, 2.24) is 19.9 Å². The number of hydrogen-bond acceptors (Lipinski definition) is 4. The molecule has 1 aromatic carbocycles. The van der Waals surface area contributed by atoms with Gasteiger partial charge >= 0.3 is 0 Å². The first kappa shape index (κ1) is 15.5. The molecule has 2 heterocycles. The lowest BCUT2D eigenvalue weighted by Gasteiger charge is -2.32. The number of likely N-dealkylation sites (tertiary alicyclic amines) is 1. The lowest BCUT2D eigenvalue weighted by Crippen LogP contribution is -2.41. The highest BCUT2D eigenvalue weighted by atomic mass is 16.5. The van der Waals surface area contributed by atoms with E-state index in [1.807, 2.05) is 40.9 Å². The van der Waals surface area contributed by atoms with E-state index in [4.69, 9.17) is 4.74 Å². The molecule has 0 bridgehead atoms. The van der Waals surface area contributed by atoms with Crippen molar-refractivity contribution >= 4 is 5.91 Å². The number of rotatable bonds is 4. The molecule has 0 spiro atoms. The number of aromatic nitrogens is 3. The average Bonchev–Trinajstić information content (AvgIpc) is 3.11. The summed E-state index contributed by atoms with van der Waals surface area (Å²) in [5, 5.41) is 7.93. The molecule has 1 aliphatic rings. The van der Waals surface area contributed by atoms with Gasteiger partial charge in [-0.3, -0.25) is 4.79 Å². The van der Waals surface area contributed by atoms with Crippen LogP contribution in [0.4, 0.5) is 0 Å². The molecular weight excluding hydrogens is 292 g/mol. The van der Waals surface area contributed by atoms with E-state index in [-0.39, 0.29) is 11.9 Å². The number of piperidine rings is 1. The maximum absolute atomic E-state index is 12.6. The highest BCUT2D eigenvalue weighted by Gasteiger charge is 2.25. The minimum atomic E-state index is 0.170. The molecule has 1 saturated heterocycles. The molecule has 1 atom stereocenters. The van der Waals surface area contributed by atoms with Crippen molar-refractivity contribution in [3.05, 3.63) is 41.7 Å². The van der Waals surface area contributed by atoms with Crippen LogP contribution in [-0.4, -0.2) is 46.0 Å². The quantitative estimate of drug-likeness (QED) is 0.866. The Morgan fingerprint density at radius 3 is 3.00 bits per heavy atom. The number of methoxy groups -OCH3 is 1. The van der Waals surface area contributed by atoms with Crippen LogP contribution in [0.15, 0.2) is 30.6 Å². The third-order valence-corrected chi connectivity index (χ3v) is 4.46. The minimum absolute atomic E-state index is 0.170. The van der Waals surface area contributed by atoms with Gasteiger partial charge in [-0.15, -0.1) is 5.10 Å². The van der Waals surface area contributed by atoms with Gasteiger partial charge in [0.1, 0.15) is 5.75 Å². The van der Waals surface area contributed by atoms with Crippen molar-refractivity contribution in [2.24, 2.45) is 0 Å². The second-order valence-corrected chi connectivity index (χ2v) is 5.99. The molecule has 1 aliphatic heterocycles. The average molecular weight is 314 g/mol. The van der Waals surface area contributed by atoms with Gasteiger partial charge in [0, 0.05) is 19.3 Å². The van der Waals surface area contributed by atoms with E-state index in [9.17, 15) is 4.79 Å². The number of benzene rings is 1. The largest absolute Gasteiger partial charge is 0.497 e. The van der Waals surface area contributed by atoms with Crippen molar-refractivity contribution in [3.8, 4) is 5.75 Å². The molecule has 1 unspecified atom stereocenters. The van der Waals surface area contributed by atoms with Crippen LogP contribution < -0.4 is 4.74 Å². The smallest absolute Gasteiger partial charge is 0.227 e. The highest BCUT2D eigenvalue weighted by molar-refractivity contribution is 5.79. The SMILES string of the molecule is COc1ccc(CC(=O)N2CCCC(n3ccnn3)C2)c(C)c1. The summed E-state index contributed by atoms with van der Waals surface area (Å²) < 4.78 is 7.07. The van der Waals surface area contributed by atoms with Crippen molar-refractivity contribution in [1.29, 1.82) is 0 Å². The molecule has 122 valence electrons. The molecule has 0 radical (unpaired) electrons. The van der Waals surface area contributed by atoms with Crippen molar-refractivity contribution < 1.29 is 9.53 Å². The molecule has 0 N–H and O–H groups in total. The fraction of sp³-hybridized carbons (Fsp3) is 0.471. The first-order valence-corrected chi connectivity index (χ1v) is 7.94. The Kier molecular flexibility index (Phi) is 4.60. The minimum Gasteiger partial charge on any atom is -0.497 e. The van der Waals surface area contributed by atoms with E-state index in [2.05, 4.69) is 10.3 Å². The molecular formula is C17H22N4O2.